The third-order valence-electron chi connectivity index (χ3n) is 2.51. The molecule has 2 rings (SSSR count). The highest BCUT2D eigenvalue weighted by molar-refractivity contribution is 6.29. The number of pyridine rings is 1. The monoisotopic (exact) mass is 304 g/mol. The van der Waals surface area contributed by atoms with Crippen LogP contribution in [-0.2, 0) is 12.7 Å². The van der Waals surface area contributed by atoms with Crippen molar-refractivity contribution in [1.82, 2.24) is 4.98 Å². The SMILES string of the molecule is Fc1cc(CNc2ccc(Cl)nc2)cc(C(F)(F)F)c1. The molecule has 20 heavy (non-hydrogen) atoms. The zero-order chi connectivity index (χ0) is 14.8. The molecule has 0 fully saturated rings. The van der Waals surface area contributed by atoms with Gasteiger partial charge in [0, 0.05) is 6.54 Å². The fraction of sp³-hybridized carbons (Fsp3) is 0.154. The van der Waals surface area contributed by atoms with Crippen LogP contribution in [0.4, 0.5) is 23.2 Å². The van der Waals surface area contributed by atoms with E-state index in [1.54, 1.807) is 6.07 Å². The first-order valence-electron chi connectivity index (χ1n) is 5.57. The lowest BCUT2D eigenvalue weighted by atomic mass is 10.1. The van der Waals surface area contributed by atoms with Gasteiger partial charge in [-0.2, -0.15) is 13.2 Å². The van der Waals surface area contributed by atoms with Gasteiger partial charge >= 0.3 is 6.18 Å². The summed E-state index contributed by atoms with van der Waals surface area (Å²) in [5, 5.41) is 3.15. The van der Waals surface area contributed by atoms with Crippen LogP contribution in [0.3, 0.4) is 0 Å². The molecule has 7 heteroatoms. The van der Waals surface area contributed by atoms with E-state index in [4.69, 9.17) is 11.6 Å². The first kappa shape index (κ1) is 14.6. The lowest BCUT2D eigenvalue weighted by Gasteiger charge is -2.10. The molecule has 1 aromatic carbocycles. The zero-order valence-electron chi connectivity index (χ0n) is 10.0. The van der Waals surface area contributed by atoms with Crippen molar-refractivity contribution in [2.45, 2.75) is 12.7 Å². The third-order valence-corrected chi connectivity index (χ3v) is 2.73. The van der Waals surface area contributed by atoms with Crippen LogP contribution >= 0.6 is 11.6 Å². The summed E-state index contributed by atoms with van der Waals surface area (Å²) in [6.45, 7) is 0.0458. The predicted molar refractivity (Wildman–Crippen MR) is 68.0 cm³/mol. The Labute approximate surface area is 117 Å². The highest BCUT2D eigenvalue weighted by atomic mass is 35.5. The average molecular weight is 305 g/mol. The van der Waals surface area contributed by atoms with E-state index in [2.05, 4.69) is 10.3 Å². The van der Waals surface area contributed by atoms with Gasteiger partial charge < -0.3 is 5.32 Å². The molecule has 0 atom stereocenters. The summed E-state index contributed by atoms with van der Waals surface area (Å²) in [5.74, 6) is -0.925. The van der Waals surface area contributed by atoms with Crippen molar-refractivity contribution >= 4 is 17.3 Å². The van der Waals surface area contributed by atoms with Crippen LogP contribution in [0.15, 0.2) is 36.5 Å². The number of benzene rings is 1. The third kappa shape index (κ3) is 3.84. The summed E-state index contributed by atoms with van der Waals surface area (Å²) in [4.78, 5) is 3.81. The van der Waals surface area contributed by atoms with E-state index in [0.29, 0.717) is 16.9 Å². The predicted octanol–water partition coefficient (Wildman–Crippen LogP) is 4.51. The molecule has 0 saturated carbocycles. The Morgan fingerprint density at radius 3 is 2.50 bits per heavy atom. The molecule has 0 aliphatic carbocycles. The van der Waals surface area contributed by atoms with Crippen LogP contribution in [0.1, 0.15) is 11.1 Å². The van der Waals surface area contributed by atoms with Crippen molar-refractivity contribution in [3.05, 3.63) is 58.6 Å². The number of hydrogen-bond donors (Lipinski definition) is 1. The quantitative estimate of drug-likeness (QED) is 0.667. The van der Waals surface area contributed by atoms with E-state index >= 15 is 0 Å². The zero-order valence-corrected chi connectivity index (χ0v) is 10.8. The molecule has 2 aromatic rings. The lowest BCUT2D eigenvalue weighted by molar-refractivity contribution is -0.137. The van der Waals surface area contributed by atoms with Crippen LogP contribution in [0.2, 0.25) is 5.15 Å². The normalized spacial score (nSPS) is 11.4. The molecule has 0 unspecified atom stereocenters. The van der Waals surface area contributed by atoms with E-state index in [0.717, 1.165) is 12.1 Å². The fourth-order valence-electron chi connectivity index (χ4n) is 1.60. The second-order valence-electron chi connectivity index (χ2n) is 4.07. The summed E-state index contributed by atoms with van der Waals surface area (Å²) >= 11 is 5.61. The minimum atomic E-state index is -4.57. The Morgan fingerprint density at radius 2 is 1.90 bits per heavy atom. The first-order valence-corrected chi connectivity index (χ1v) is 5.94. The number of hydrogen-bond acceptors (Lipinski definition) is 2. The second-order valence-corrected chi connectivity index (χ2v) is 4.46. The largest absolute Gasteiger partial charge is 0.416 e. The van der Waals surface area contributed by atoms with Gasteiger partial charge in [0.2, 0.25) is 0 Å². The molecule has 0 saturated heterocycles. The number of nitrogens with zero attached hydrogens (tertiary/aromatic N) is 1. The molecule has 0 amide bonds. The molecule has 0 bridgehead atoms. The minimum absolute atomic E-state index is 0.0458. The number of rotatable bonds is 3. The van der Waals surface area contributed by atoms with E-state index < -0.39 is 17.6 Å². The number of nitrogens with one attached hydrogen (secondary N) is 1. The van der Waals surface area contributed by atoms with E-state index in [9.17, 15) is 17.6 Å². The maximum atomic E-state index is 13.2. The first-order chi connectivity index (χ1) is 9.34. The van der Waals surface area contributed by atoms with Gasteiger partial charge in [-0.05, 0) is 35.9 Å². The smallest absolute Gasteiger partial charge is 0.380 e. The van der Waals surface area contributed by atoms with Crippen LogP contribution in [0, 0.1) is 5.82 Å². The molecule has 0 spiro atoms. The molecule has 1 aromatic heterocycles. The van der Waals surface area contributed by atoms with Crippen molar-refractivity contribution in [2.24, 2.45) is 0 Å². The summed E-state index contributed by atoms with van der Waals surface area (Å²) in [6, 6.07) is 5.58. The number of anilines is 1. The summed E-state index contributed by atoms with van der Waals surface area (Å²) < 4.78 is 50.8. The lowest BCUT2D eigenvalue weighted by Crippen LogP contribution is -2.08. The number of alkyl halides is 3. The van der Waals surface area contributed by atoms with Crippen LogP contribution in [-0.4, -0.2) is 4.98 Å². The van der Waals surface area contributed by atoms with Gasteiger partial charge in [0.1, 0.15) is 11.0 Å². The Hall–Kier alpha value is -1.82. The molecule has 2 nitrogen and oxygen atoms in total. The second kappa shape index (κ2) is 5.66. The molecule has 1 N–H and O–H groups in total. The van der Waals surface area contributed by atoms with Crippen molar-refractivity contribution in [2.75, 3.05) is 5.32 Å². The van der Waals surface area contributed by atoms with Crippen molar-refractivity contribution < 1.29 is 17.6 Å². The molecule has 0 radical (unpaired) electrons. The molecule has 0 aliphatic heterocycles. The Bertz CT molecular complexity index is 596. The van der Waals surface area contributed by atoms with Gasteiger partial charge in [0.25, 0.3) is 0 Å². The average Bonchev–Trinajstić information content (AvgIpc) is 2.36. The van der Waals surface area contributed by atoms with E-state index in [-0.39, 0.29) is 12.1 Å². The number of halogens is 5. The Morgan fingerprint density at radius 1 is 1.15 bits per heavy atom. The molecular weight excluding hydrogens is 296 g/mol. The topological polar surface area (TPSA) is 24.9 Å². The summed E-state index contributed by atoms with van der Waals surface area (Å²) in [7, 11) is 0. The van der Waals surface area contributed by atoms with Crippen LogP contribution in [0.5, 0.6) is 0 Å². The number of aromatic nitrogens is 1. The van der Waals surface area contributed by atoms with Crippen molar-refractivity contribution in [1.29, 1.82) is 0 Å². The van der Waals surface area contributed by atoms with Gasteiger partial charge in [-0.3, -0.25) is 0 Å². The van der Waals surface area contributed by atoms with Gasteiger partial charge in [0.15, 0.2) is 0 Å². The molecular formula is C13H9ClF4N2. The van der Waals surface area contributed by atoms with Crippen molar-refractivity contribution in [3.63, 3.8) is 0 Å². The van der Waals surface area contributed by atoms with Gasteiger partial charge in [0.05, 0.1) is 17.4 Å². The summed E-state index contributed by atoms with van der Waals surface area (Å²) in [5.41, 5.74) is -0.247. The Kier molecular flexibility index (Phi) is 4.13. The summed E-state index contributed by atoms with van der Waals surface area (Å²) in [6.07, 6.45) is -3.13. The molecule has 1 heterocycles. The molecule has 0 aliphatic rings. The van der Waals surface area contributed by atoms with E-state index in [1.165, 1.54) is 12.3 Å². The van der Waals surface area contributed by atoms with Crippen molar-refractivity contribution in [3.8, 4) is 0 Å². The standard InChI is InChI=1S/C13H9ClF4N2/c14-12-2-1-11(7-20-12)19-6-8-3-9(13(16,17)18)5-10(15)4-8/h1-5,7,19H,6H2. The van der Waals surface area contributed by atoms with Crippen LogP contribution < -0.4 is 5.32 Å². The minimum Gasteiger partial charge on any atom is -0.380 e. The van der Waals surface area contributed by atoms with Crippen LogP contribution in [0.25, 0.3) is 0 Å². The van der Waals surface area contributed by atoms with E-state index in [1.807, 2.05) is 0 Å². The van der Waals surface area contributed by atoms with Gasteiger partial charge in [-0.1, -0.05) is 11.6 Å². The van der Waals surface area contributed by atoms with Gasteiger partial charge in [-0.25, -0.2) is 9.37 Å². The maximum absolute atomic E-state index is 13.2. The van der Waals surface area contributed by atoms with Gasteiger partial charge in [-0.15, -0.1) is 0 Å². The molecule has 106 valence electrons. The fourth-order valence-corrected chi connectivity index (χ4v) is 1.71. The highest BCUT2D eigenvalue weighted by Gasteiger charge is 2.31. The maximum Gasteiger partial charge on any atom is 0.416 e. The Balaban J connectivity index is 2.13. The highest BCUT2D eigenvalue weighted by Crippen LogP contribution is 2.30.